The number of ketones is 1. The van der Waals surface area contributed by atoms with Crippen LogP contribution < -0.4 is 4.74 Å². The van der Waals surface area contributed by atoms with Crippen molar-refractivity contribution in [2.75, 3.05) is 13.7 Å². The zero-order chi connectivity index (χ0) is 12.3. The molecule has 1 atom stereocenters. The van der Waals surface area contributed by atoms with Gasteiger partial charge in [-0.25, -0.2) is 0 Å². The molecule has 3 nitrogen and oxygen atoms in total. The Hall–Kier alpha value is -0.870. The molecule has 0 radical (unpaired) electrons. The molecule has 1 fully saturated rings. The molecule has 1 saturated heterocycles. The van der Waals surface area contributed by atoms with E-state index in [4.69, 9.17) is 9.47 Å². The first-order chi connectivity index (χ1) is 8.20. The molecule has 1 aromatic carbocycles. The van der Waals surface area contributed by atoms with Crippen LogP contribution in [-0.2, 0) is 16.0 Å². The molecule has 0 N–H and O–H groups in total. The Bertz CT molecular complexity index is 411. The van der Waals surface area contributed by atoms with E-state index in [1.165, 1.54) is 0 Å². The molecule has 4 heteroatoms. The largest absolute Gasteiger partial charge is 0.496 e. The van der Waals surface area contributed by atoms with Crippen molar-refractivity contribution in [2.24, 2.45) is 0 Å². The molecule has 2 rings (SSSR count). The summed E-state index contributed by atoms with van der Waals surface area (Å²) in [5.41, 5.74) is 0.984. The summed E-state index contributed by atoms with van der Waals surface area (Å²) in [6.07, 6.45) is 2.07. The van der Waals surface area contributed by atoms with Crippen LogP contribution in [0.1, 0.15) is 18.4 Å². The Labute approximate surface area is 109 Å². The third-order valence-electron chi connectivity index (χ3n) is 2.88. The van der Waals surface area contributed by atoms with Crippen LogP contribution in [0.2, 0.25) is 0 Å². The van der Waals surface area contributed by atoms with Gasteiger partial charge >= 0.3 is 0 Å². The minimum absolute atomic E-state index is 0.166. The first kappa shape index (κ1) is 12.6. The lowest BCUT2D eigenvalue weighted by Gasteiger charge is -2.09. The van der Waals surface area contributed by atoms with E-state index in [9.17, 15) is 4.79 Å². The number of benzene rings is 1. The van der Waals surface area contributed by atoms with Crippen molar-refractivity contribution < 1.29 is 14.3 Å². The highest BCUT2D eigenvalue weighted by Crippen LogP contribution is 2.26. The lowest BCUT2D eigenvalue weighted by molar-refractivity contribution is -0.127. The van der Waals surface area contributed by atoms with Crippen LogP contribution in [0, 0.1) is 0 Å². The monoisotopic (exact) mass is 298 g/mol. The third kappa shape index (κ3) is 3.07. The molecule has 1 aromatic rings. The van der Waals surface area contributed by atoms with E-state index in [0.717, 1.165) is 28.6 Å². The van der Waals surface area contributed by atoms with Crippen molar-refractivity contribution >= 4 is 21.7 Å². The van der Waals surface area contributed by atoms with E-state index >= 15 is 0 Å². The molecule has 1 aliphatic heterocycles. The van der Waals surface area contributed by atoms with Gasteiger partial charge in [0.2, 0.25) is 0 Å². The van der Waals surface area contributed by atoms with Crippen molar-refractivity contribution in [1.29, 1.82) is 0 Å². The Balaban J connectivity index is 2.03. The topological polar surface area (TPSA) is 35.5 Å². The number of ether oxygens (including phenoxy) is 2. The average Bonchev–Trinajstić information content (AvgIpc) is 2.82. The van der Waals surface area contributed by atoms with E-state index in [2.05, 4.69) is 15.9 Å². The number of methoxy groups -OCH3 is 1. The number of carbonyl (C=O) groups excluding carboxylic acids is 1. The van der Waals surface area contributed by atoms with Crippen molar-refractivity contribution in [3.8, 4) is 5.75 Å². The summed E-state index contributed by atoms with van der Waals surface area (Å²) in [6, 6.07) is 5.70. The molecule has 0 aromatic heterocycles. The Morgan fingerprint density at radius 1 is 1.59 bits per heavy atom. The van der Waals surface area contributed by atoms with E-state index in [1.54, 1.807) is 7.11 Å². The fourth-order valence-electron chi connectivity index (χ4n) is 1.97. The lowest BCUT2D eigenvalue weighted by Crippen LogP contribution is -2.21. The van der Waals surface area contributed by atoms with Gasteiger partial charge in [0.15, 0.2) is 5.78 Å². The molecule has 0 amide bonds. The van der Waals surface area contributed by atoms with Crippen molar-refractivity contribution in [3.63, 3.8) is 0 Å². The van der Waals surface area contributed by atoms with Gasteiger partial charge in [-0.05, 0) is 46.5 Å². The van der Waals surface area contributed by atoms with Crippen LogP contribution in [0.4, 0.5) is 0 Å². The zero-order valence-electron chi connectivity index (χ0n) is 9.74. The molecule has 0 aliphatic carbocycles. The van der Waals surface area contributed by atoms with E-state index in [0.29, 0.717) is 13.0 Å². The Morgan fingerprint density at radius 3 is 3.00 bits per heavy atom. The fraction of sp³-hybridized carbons (Fsp3) is 0.462. The molecular formula is C13H15BrO3. The van der Waals surface area contributed by atoms with Crippen LogP contribution in [0.15, 0.2) is 22.7 Å². The molecule has 0 bridgehead atoms. The predicted octanol–water partition coefficient (Wildman–Crippen LogP) is 2.75. The maximum atomic E-state index is 11.9. The van der Waals surface area contributed by atoms with Gasteiger partial charge in [0.1, 0.15) is 11.9 Å². The number of halogens is 1. The molecule has 1 aliphatic rings. The van der Waals surface area contributed by atoms with Crippen LogP contribution >= 0.6 is 15.9 Å². The second kappa shape index (κ2) is 5.65. The maximum Gasteiger partial charge on any atom is 0.165 e. The molecule has 1 heterocycles. The smallest absolute Gasteiger partial charge is 0.165 e. The second-order valence-corrected chi connectivity index (χ2v) is 4.97. The molecule has 1 unspecified atom stereocenters. The number of hydrogen-bond acceptors (Lipinski definition) is 3. The SMILES string of the molecule is COc1ccc(CC(=O)C2CCCO2)cc1Br. The summed E-state index contributed by atoms with van der Waals surface area (Å²) in [5, 5.41) is 0. The highest BCUT2D eigenvalue weighted by molar-refractivity contribution is 9.10. The highest BCUT2D eigenvalue weighted by Gasteiger charge is 2.23. The van der Waals surface area contributed by atoms with E-state index < -0.39 is 0 Å². The molecule has 92 valence electrons. The van der Waals surface area contributed by atoms with Gasteiger partial charge in [-0.2, -0.15) is 0 Å². The normalized spacial score (nSPS) is 19.3. The van der Waals surface area contributed by atoms with Gasteiger partial charge in [0, 0.05) is 13.0 Å². The van der Waals surface area contributed by atoms with Gasteiger partial charge in [-0.3, -0.25) is 4.79 Å². The molecule has 17 heavy (non-hydrogen) atoms. The summed E-state index contributed by atoms with van der Waals surface area (Å²) < 4.78 is 11.4. The fourth-order valence-corrected chi connectivity index (χ4v) is 2.55. The Morgan fingerprint density at radius 2 is 2.41 bits per heavy atom. The second-order valence-electron chi connectivity index (χ2n) is 4.11. The minimum atomic E-state index is -0.198. The maximum absolute atomic E-state index is 11.9. The van der Waals surface area contributed by atoms with Gasteiger partial charge in [0.05, 0.1) is 11.6 Å². The molecule has 0 saturated carbocycles. The summed E-state index contributed by atoms with van der Waals surface area (Å²) in [4.78, 5) is 11.9. The number of hydrogen-bond donors (Lipinski definition) is 0. The minimum Gasteiger partial charge on any atom is -0.496 e. The molecule has 0 spiro atoms. The average molecular weight is 299 g/mol. The van der Waals surface area contributed by atoms with Gasteiger partial charge in [-0.1, -0.05) is 6.07 Å². The van der Waals surface area contributed by atoms with Crippen molar-refractivity contribution in [2.45, 2.75) is 25.4 Å². The summed E-state index contributed by atoms with van der Waals surface area (Å²) >= 11 is 3.41. The van der Waals surface area contributed by atoms with Gasteiger partial charge in [0.25, 0.3) is 0 Å². The zero-order valence-corrected chi connectivity index (χ0v) is 11.3. The van der Waals surface area contributed by atoms with Crippen LogP contribution in [0.5, 0.6) is 5.75 Å². The van der Waals surface area contributed by atoms with Crippen molar-refractivity contribution in [1.82, 2.24) is 0 Å². The van der Waals surface area contributed by atoms with Crippen LogP contribution in [-0.4, -0.2) is 25.6 Å². The summed E-state index contributed by atoms with van der Waals surface area (Å²) in [5.74, 6) is 0.942. The van der Waals surface area contributed by atoms with E-state index in [-0.39, 0.29) is 11.9 Å². The first-order valence-corrected chi connectivity index (χ1v) is 6.46. The number of Topliss-reactive ketones (excluding diaryl/α,β-unsaturated/α-hetero) is 1. The van der Waals surface area contributed by atoms with Gasteiger partial charge in [-0.15, -0.1) is 0 Å². The summed E-state index contributed by atoms with van der Waals surface area (Å²) in [7, 11) is 1.62. The van der Waals surface area contributed by atoms with Crippen molar-refractivity contribution in [3.05, 3.63) is 28.2 Å². The third-order valence-corrected chi connectivity index (χ3v) is 3.50. The highest BCUT2D eigenvalue weighted by atomic mass is 79.9. The van der Waals surface area contributed by atoms with Crippen LogP contribution in [0.3, 0.4) is 0 Å². The summed E-state index contributed by atoms with van der Waals surface area (Å²) in [6.45, 7) is 0.711. The Kier molecular flexibility index (Phi) is 4.18. The number of rotatable bonds is 4. The quantitative estimate of drug-likeness (QED) is 0.857. The predicted molar refractivity (Wildman–Crippen MR) is 68.4 cm³/mol. The van der Waals surface area contributed by atoms with Gasteiger partial charge < -0.3 is 9.47 Å². The standard InChI is InChI=1S/C13H15BrO3/c1-16-12-5-4-9(7-10(12)14)8-11(15)13-3-2-6-17-13/h4-5,7,13H,2-3,6,8H2,1H3. The van der Waals surface area contributed by atoms with Crippen LogP contribution in [0.25, 0.3) is 0 Å². The lowest BCUT2D eigenvalue weighted by atomic mass is 10.0. The molecular weight excluding hydrogens is 284 g/mol. The first-order valence-electron chi connectivity index (χ1n) is 5.67. The van der Waals surface area contributed by atoms with E-state index in [1.807, 2.05) is 18.2 Å². The number of carbonyl (C=O) groups is 1.